The number of carbonyl (C=O) groups is 3. The summed E-state index contributed by atoms with van der Waals surface area (Å²) in [5.74, 6) is -1.96. The predicted molar refractivity (Wildman–Crippen MR) is 88.7 cm³/mol. The number of methoxy groups -OCH3 is 1. The van der Waals surface area contributed by atoms with Crippen molar-refractivity contribution in [1.82, 2.24) is 0 Å². The van der Waals surface area contributed by atoms with Crippen LogP contribution in [0.3, 0.4) is 0 Å². The van der Waals surface area contributed by atoms with Crippen molar-refractivity contribution in [3.63, 3.8) is 0 Å². The number of aliphatic carboxylic acids is 1. The molecule has 0 spiro atoms. The highest BCUT2D eigenvalue weighted by atomic mass is 16.5. The fourth-order valence-corrected chi connectivity index (χ4v) is 4.60. The van der Waals surface area contributed by atoms with Gasteiger partial charge in [0.05, 0.1) is 24.5 Å². The molecule has 2 saturated carbocycles. The third-order valence-corrected chi connectivity index (χ3v) is 5.81. The molecule has 2 N–H and O–H groups in total. The summed E-state index contributed by atoms with van der Waals surface area (Å²) in [6, 6.07) is 6.38. The number of hydrogen-bond acceptors (Lipinski definition) is 4. The van der Waals surface area contributed by atoms with Crippen LogP contribution in [0.15, 0.2) is 36.4 Å². The Bertz CT molecular complexity index is 769. The van der Waals surface area contributed by atoms with Crippen LogP contribution < -0.4 is 5.32 Å². The number of amides is 1. The zero-order chi connectivity index (χ0) is 17.7. The van der Waals surface area contributed by atoms with Crippen molar-refractivity contribution in [2.45, 2.75) is 6.42 Å². The Kier molecular flexibility index (Phi) is 3.63. The Hall–Kier alpha value is -2.63. The van der Waals surface area contributed by atoms with E-state index < -0.39 is 23.8 Å². The van der Waals surface area contributed by atoms with Crippen molar-refractivity contribution in [2.75, 3.05) is 12.4 Å². The van der Waals surface area contributed by atoms with Gasteiger partial charge in [0.2, 0.25) is 5.91 Å². The molecule has 1 aromatic rings. The fourth-order valence-electron chi connectivity index (χ4n) is 4.60. The molecule has 1 amide bonds. The molecule has 5 rings (SSSR count). The van der Waals surface area contributed by atoms with E-state index in [1.165, 1.54) is 7.11 Å². The van der Waals surface area contributed by atoms with Gasteiger partial charge < -0.3 is 15.2 Å². The molecule has 1 aromatic carbocycles. The number of anilines is 1. The molecule has 4 aliphatic rings. The van der Waals surface area contributed by atoms with E-state index in [-0.39, 0.29) is 17.7 Å². The standard InChI is InChI=1S/C19H19NO5/c1-25-19(24)9-2-4-10(5-3-9)20-17(21)15-11-6-7-12(14-8-13(11)14)16(15)18(22)23/h2-7,11-16H,8H2,1H3,(H,20,21)(H,22,23)/t11-,12-,13+,14-,15+,16+/m0/s1. The largest absolute Gasteiger partial charge is 0.481 e. The zero-order valence-electron chi connectivity index (χ0n) is 13.7. The number of carboxylic acid groups (broad SMARTS) is 1. The molecule has 2 fully saturated rings. The lowest BCUT2D eigenvalue weighted by Gasteiger charge is -2.41. The first-order chi connectivity index (χ1) is 12.0. The average molecular weight is 341 g/mol. The van der Waals surface area contributed by atoms with Gasteiger partial charge in [-0.05, 0) is 54.4 Å². The molecule has 6 nitrogen and oxygen atoms in total. The van der Waals surface area contributed by atoms with Crippen LogP contribution >= 0.6 is 0 Å². The first-order valence-corrected chi connectivity index (χ1v) is 8.41. The number of carboxylic acids is 1. The maximum absolute atomic E-state index is 12.8. The monoisotopic (exact) mass is 341 g/mol. The number of nitrogens with one attached hydrogen (secondary N) is 1. The van der Waals surface area contributed by atoms with E-state index in [1.54, 1.807) is 24.3 Å². The SMILES string of the molecule is COC(=O)c1ccc(NC(=O)[C@@H]2[C@H]3C=C[C@@H]([C@@H]4C[C@H]34)[C@H]2C(=O)O)cc1. The summed E-state index contributed by atoms with van der Waals surface area (Å²) in [7, 11) is 1.31. The van der Waals surface area contributed by atoms with E-state index in [0.717, 1.165) is 6.42 Å². The molecule has 0 unspecified atom stereocenters. The van der Waals surface area contributed by atoms with Crippen LogP contribution in [0.2, 0.25) is 0 Å². The number of esters is 1. The minimum Gasteiger partial charge on any atom is -0.481 e. The van der Waals surface area contributed by atoms with Crippen LogP contribution in [-0.4, -0.2) is 30.1 Å². The van der Waals surface area contributed by atoms with Crippen LogP contribution in [0.5, 0.6) is 0 Å². The third kappa shape index (κ3) is 2.52. The van der Waals surface area contributed by atoms with Gasteiger partial charge >= 0.3 is 11.9 Å². The van der Waals surface area contributed by atoms with E-state index in [0.29, 0.717) is 23.1 Å². The number of fused-ring (bicyclic) bond motifs is 1. The van der Waals surface area contributed by atoms with Gasteiger partial charge in [0.25, 0.3) is 0 Å². The Morgan fingerprint density at radius 1 is 1.04 bits per heavy atom. The van der Waals surface area contributed by atoms with Crippen LogP contribution in [0.4, 0.5) is 5.69 Å². The summed E-state index contributed by atoms with van der Waals surface area (Å²) >= 11 is 0. The Morgan fingerprint density at radius 3 is 2.20 bits per heavy atom. The van der Waals surface area contributed by atoms with Gasteiger partial charge in [-0.1, -0.05) is 12.2 Å². The number of benzene rings is 1. The summed E-state index contributed by atoms with van der Waals surface area (Å²) in [6.07, 6.45) is 5.04. The third-order valence-electron chi connectivity index (χ3n) is 5.81. The highest BCUT2D eigenvalue weighted by Crippen LogP contribution is 2.63. The van der Waals surface area contributed by atoms with E-state index in [1.807, 2.05) is 12.2 Å². The Morgan fingerprint density at radius 2 is 1.64 bits per heavy atom. The van der Waals surface area contributed by atoms with E-state index in [9.17, 15) is 19.5 Å². The molecule has 6 heteroatoms. The smallest absolute Gasteiger partial charge is 0.337 e. The number of hydrogen-bond donors (Lipinski definition) is 2. The van der Waals surface area contributed by atoms with Crippen molar-refractivity contribution >= 4 is 23.5 Å². The molecule has 0 aliphatic heterocycles. The molecule has 2 bridgehead atoms. The van der Waals surface area contributed by atoms with Crippen molar-refractivity contribution in [1.29, 1.82) is 0 Å². The highest BCUT2D eigenvalue weighted by Gasteiger charge is 2.62. The minimum absolute atomic E-state index is 0.00504. The second-order valence-electron chi connectivity index (χ2n) is 7.05. The molecule has 25 heavy (non-hydrogen) atoms. The fraction of sp³-hybridized carbons (Fsp3) is 0.421. The minimum atomic E-state index is -0.897. The molecule has 0 heterocycles. The molecular formula is C19H19NO5. The number of rotatable bonds is 4. The lowest BCUT2D eigenvalue weighted by Crippen LogP contribution is -2.48. The Balaban J connectivity index is 1.53. The first kappa shape index (κ1) is 15.9. The lowest BCUT2D eigenvalue weighted by molar-refractivity contribution is -0.152. The summed E-state index contributed by atoms with van der Waals surface area (Å²) < 4.78 is 4.64. The summed E-state index contributed by atoms with van der Waals surface area (Å²) in [6.45, 7) is 0. The summed E-state index contributed by atoms with van der Waals surface area (Å²) in [5, 5.41) is 12.5. The van der Waals surface area contributed by atoms with Gasteiger partial charge in [0.1, 0.15) is 0 Å². The average Bonchev–Trinajstić information content (AvgIpc) is 3.43. The van der Waals surface area contributed by atoms with Crippen molar-refractivity contribution in [3.05, 3.63) is 42.0 Å². The van der Waals surface area contributed by atoms with Crippen LogP contribution in [-0.2, 0) is 14.3 Å². The molecule has 0 radical (unpaired) electrons. The van der Waals surface area contributed by atoms with Gasteiger partial charge in [0.15, 0.2) is 0 Å². The van der Waals surface area contributed by atoms with E-state index >= 15 is 0 Å². The molecule has 130 valence electrons. The van der Waals surface area contributed by atoms with Crippen molar-refractivity contribution in [3.8, 4) is 0 Å². The van der Waals surface area contributed by atoms with Gasteiger partial charge in [-0.2, -0.15) is 0 Å². The second kappa shape index (κ2) is 5.72. The van der Waals surface area contributed by atoms with Crippen LogP contribution in [0, 0.1) is 35.5 Å². The maximum atomic E-state index is 12.8. The van der Waals surface area contributed by atoms with Crippen LogP contribution in [0.25, 0.3) is 0 Å². The number of carbonyl (C=O) groups excluding carboxylic acids is 2. The normalized spacial score (nSPS) is 34.1. The van der Waals surface area contributed by atoms with Gasteiger partial charge in [-0.25, -0.2) is 4.79 Å². The summed E-state index contributed by atoms with van der Waals surface area (Å²) in [4.78, 5) is 36.0. The molecule has 0 aromatic heterocycles. The van der Waals surface area contributed by atoms with E-state index in [4.69, 9.17) is 0 Å². The van der Waals surface area contributed by atoms with Gasteiger partial charge in [-0.15, -0.1) is 0 Å². The molecule has 4 aliphatic carbocycles. The zero-order valence-corrected chi connectivity index (χ0v) is 13.7. The van der Waals surface area contributed by atoms with Gasteiger partial charge in [-0.3, -0.25) is 9.59 Å². The van der Waals surface area contributed by atoms with Crippen LogP contribution in [0.1, 0.15) is 16.8 Å². The maximum Gasteiger partial charge on any atom is 0.337 e. The predicted octanol–water partition coefficient (Wildman–Crippen LogP) is 2.18. The molecule has 0 saturated heterocycles. The molecular weight excluding hydrogens is 322 g/mol. The molecule has 6 atom stereocenters. The van der Waals surface area contributed by atoms with Gasteiger partial charge in [0, 0.05) is 5.69 Å². The van der Waals surface area contributed by atoms with E-state index in [2.05, 4.69) is 10.1 Å². The number of allylic oxidation sites excluding steroid dienone is 2. The topological polar surface area (TPSA) is 92.7 Å². The Labute approximate surface area is 144 Å². The second-order valence-corrected chi connectivity index (χ2v) is 7.05. The van der Waals surface area contributed by atoms with Crippen molar-refractivity contribution in [2.24, 2.45) is 35.5 Å². The quantitative estimate of drug-likeness (QED) is 0.647. The first-order valence-electron chi connectivity index (χ1n) is 8.41. The lowest BCUT2D eigenvalue weighted by atomic mass is 9.62. The van der Waals surface area contributed by atoms with Crippen molar-refractivity contribution < 1.29 is 24.2 Å². The highest BCUT2D eigenvalue weighted by molar-refractivity contribution is 5.97. The summed E-state index contributed by atoms with van der Waals surface area (Å²) in [5.41, 5.74) is 0.934. The number of ether oxygens (including phenoxy) is 1.